The molecule has 0 spiro atoms. The van der Waals surface area contributed by atoms with Crippen LogP contribution < -0.4 is 5.32 Å². The molecule has 0 aromatic carbocycles. The third kappa shape index (κ3) is 3.96. The van der Waals surface area contributed by atoms with Gasteiger partial charge in [-0.2, -0.15) is 0 Å². The Morgan fingerprint density at radius 1 is 1.67 bits per heavy atom. The lowest BCUT2D eigenvalue weighted by Gasteiger charge is -2.36. The van der Waals surface area contributed by atoms with Crippen LogP contribution in [0, 0.1) is 6.92 Å². The van der Waals surface area contributed by atoms with E-state index in [1.54, 1.807) is 23.1 Å². The number of hydrogen-bond donors (Lipinski definition) is 2. The van der Waals surface area contributed by atoms with Crippen LogP contribution in [0.1, 0.15) is 30.0 Å². The number of thiazole rings is 1. The van der Waals surface area contributed by atoms with Crippen molar-refractivity contribution in [2.24, 2.45) is 0 Å². The fourth-order valence-electron chi connectivity index (χ4n) is 1.80. The van der Waals surface area contributed by atoms with E-state index >= 15 is 0 Å². The van der Waals surface area contributed by atoms with Gasteiger partial charge in [-0.05, 0) is 26.2 Å². The predicted molar refractivity (Wildman–Crippen MR) is 74.8 cm³/mol. The molecule has 2 N–H and O–H groups in total. The van der Waals surface area contributed by atoms with Gasteiger partial charge in [0.15, 0.2) is 0 Å². The SMILES string of the molecule is Cc1nc(CSCC(=O)NCC2(O)CCC2)cs1. The molecular weight excluding hydrogens is 268 g/mol. The number of aliphatic hydroxyl groups is 1. The van der Waals surface area contributed by atoms with Gasteiger partial charge in [-0.1, -0.05) is 0 Å². The summed E-state index contributed by atoms with van der Waals surface area (Å²) in [4.78, 5) is 15.9. The van der Waals surface area contributed by atoms with E-state index in [2.05, 4.69) is 10.3 Å². The van der Waals surface area contributed by atoms with Crippen molar-refractivity contribution in [3.05, 3.63) is 16.1 Å². The molecule has 1 aliphatic carbocycles. The van der Waals surface area contributed by atoms with Crippen molar-refractivity contribution in [1.82, 2.24) is 10.3 Å². The molecule has 1 aromatic heterocycles. The van der Waals surface area contributed by atoms with Crippen molar-refractivity contribution in [2.75, 3.05) is 12.3 Å². The van der Waals surface area contributed by atoms with Gasteiger partial charge in [0, 0.05) is 17.7 Å². The van der Waals surface area contributed by atoms with Crippen molar-refractivity contribution < 1.29 is 9.90 Å². The number of aromatic nitrogens is 1. The molecule has 18 heavy (non-hydrogen) atoms. The number of nitrogens with one attached hydrogen (secondary N) is 1. The monoisotopic (exact) mass is 286 g/mol. The van der Waals surface area contributed by atoms with E-state index in [1.165, 1.54) is 0 Å². The molecule has 0 radical (unpaired) electrons. The van der Waals surface area contributed by atoms with Crippen LogP contribution in [0.15, 0.2) is 5.38 Å². The van der Waals surface area contributed by atoms with Crippen molar-refractivity contribution in [1.29, 1.82) is 0 Å². The minimum atomic E-state index is -0.633. The second kappa shape index (κ2) is 6.04. The average molecular weight is 286 g/mol. The Morgan fingerprint density at radius 2 is 2.44 bits per heavy atom. The van der Waals surface area contributed by atoms with Gasteiger partial charge in [0.25, 0.3) is 0 Å². The lowest BCUT2D eigenvalue weighted by atomic mass is 9.80. The second-order valence-electron chi connectivity index (χ2n) is 4.71. The number of thioether (sulfide) groups is 1. The highest BCUT2D eigenvalue weighted by Gasteiger charge is 2.34. The maximum atomic E-state index is 11.6. The van der Waals surface area contributed by atoms with Crippen LogP contribution in [-0.2, 0) is 10.5 Å². The largest absolute Gasteiger partial charge is 0.388 e. The van der Waals surface area contributed by atoms with E-state index in [0.717, 1.165) is 35.7 Å². The lowest BCUT2D eigenvalue weighted by Crippen LogP contribution is -2.48. The fourth-order valence-corrected chi connectivity index (χ4v) is 3.26. The maximum absolute atomic E-state index is 11.6. The normalized spacial score (nSPS) is 17.2. The summed E-state index contributed by atoms with van der Waals surface area (Å²) in [6, 6.07) is 0. The van der Waals surface area contributed by atoms with E-state index < -0.39 is 5.60 Å². The molecule has 100 valence electrons. The standard InChI is InChI=1S/C12H18N2O2S2/c1-9-14-10(6-18-9)5-17-7-11(15)13-8-12(16)3-2-4-12/h6,16H,2-5,7-8H2,1H3,(H,13,15). The van der Waals surface area contributed by atoms with Crippen LogP contribution in [-0.4, -0.2) is 33.9 Å². The summed E-state index contributed by atoms with van der Waals surface area (Å²) in [6.45, 7) is 2.37. The number of carbonyl (C=O) groups is 1. The molecule has 2 rings (SSSR count). The first-order valence-electron chi connectivity index (χ1n) is 6.05. The third-order valence-corrected chi connectivity index (χ3v) is 4.84. The summed E-state index contributed by atoms with van der Waals surface area (Å²) in [7, 11) is 0. The Morgan fingerprint density at radius 3 is 3.00 bits per heavy atom. The Balaban J connectivity index is 1.60. The first kappa shape index (κ1) is 13.8. The third-order valence-electron chi connectivity index (χ3n) is 3.05. The molecule has 0 aliphatic heterocycles. The van der Waals surface area contributed by atoms with Crippen molar-refractivity contribution in [3.8, 4) is 0 Å². The predicted octanol–water partition coefficient (Wildman–Crippen LogP) is 1.72. The number of hydrogen-bond acceptors (Lipinski definition) is 5. The van der Waals surface area contributed by atoms with Gasteiger partial charge < -0.3 is 10.4 Å². The highest BCUT2D eigenvalue weighted by atomic mass is 32.2. The number of carbonyl (C=O) groups excluding carboxylic acids is 1. The Kier molecular flexibility index (Phi) is 4.64. The number of amides is 1. The maximum Gasteiger partial charge on any atom is 0.230 e. The molecule has 1 aromatic rings. The minimum absolute atomic E-state index is 0.00715. The molecule has 0 atom stereocenters. The number of nitrogens with zero attached hydrogens (tertiary/aromatic N) is 1. The Labute approximate surface area is 115 Å². The van der Waals surface area contributed by atoms with E-state index in [4.69, 9.17) is 0 Å². The Hall–Kier alpha value is -0.590. The van der Waals surface area contributed by atoms with Crippen LogP contribution in [0.25, 0.3) is 0 Å². The van der Waals surface area contributed by atoms with E-state index in [9.17, 15) is 9.90 Å². The van der Waals surface area contributed by atoms with Gasteiger partial charge in [-0.15, -0.1) is 23.1 Å². The lowest BCUT2D eigenvalue weighted by molar-refractivity contribution is -0.121. The first-order chi connectivity index (χ1) is 8.57. The zero-order chi connectivity index (χ0) is 13.0. The topological polar surface area (TPSA) is 62.2 Å². The summed E-state index contributed by atoms with van der Waals surface area (Å²) in [5.74, 6) is 1.18. The van der Waals surface area contributed by atoms with Crippen LogP contribution >= 0.6 is 23.1 Å². The summed E-state index contributed by atoms with van der Waals surface area (Å²) >= 11 is 3.18. The quantitative estimate of drug-likeness (QED) is 0.836. The molecule has 0 saturated heterocycles. The van der Waals surface area contributed by atoms with Gasteiger partial charge in [0.05, 0.1) is 22.1 Å². The van der Waals surface area contributed by atoms with Gasteiger partial charge in [0.2, 0.25) is 5.91 Å². The summed E-state index contributed by atoms with van der Waals surface area (Å²) in [5.41, 5.74) is 0.403. The number of rotatable bonds is 6. The fraction of sp³-hybridized carbons (Fsp3) is 0.667. The van der Waals surface area contributed by atoms with Gasteiger partial charge in [-0.25, -0.2) is 4.98 Å². The van der Waals surface area contributed by atoms with Crippen molar-refractivity contribution in [2.45, 2.75) is 37.5 Å². The molecule has 1 amide bonds. The molecule has 1 fully saturated rings. The average Bonchev–Trinajstić information content (AvgIpc) is 2.70. The Bertz CT molecular complexity index is 416. The molecule has 0 bridgehead atoms. The smallest absolute Gasteiger partial charge is 0.230 e. The summed E-state index contributed by atoms with van der Waals surface area (Å²) in [6.07, 6.45) is 2.67. The summed E-state index contributed by atoms with van der Waals surface area (Å²) < 4.78 is 0. The van der Waals surface area contributed by atoms with Crippen LogP contribution in [0.3, 0.4) is 0 Å². The molecule has 1 heterocycles. The zero-order valence-electron chi connectivity index (χ0n) is 10.4. The van der Waals surface area contributed by atoms with Crippen LogP contribution in [0.2, 0.25) is 0 Å². The highest BCUT2D eigenvalue weighted by Crippen LogP contribution is 2.30. The molecule has 6 heteroatoms. The zero-order valence-corrected chi connectivity index (χ0v) is 12.1. The molecule has 1 aliphatic rings. The van der Waals surface area contributed by atoms with Gasteiger partial charge in [0.1, 0.15) is 0 Å². The minimum Gasteiger partial charge on any atom is -0.388 e. The molecule has 0 unspecified atom stereocenters. The highest BCUT2D eigenvalue weighted by molar-refractivity contribution is 7.99. The molecular formula is C12H18N2O2S2. The van der Waals surface area contributed by atoms with Crippen molar-refractivity contribution >= 4 is 29.0 Å². The summed E-state index contributed by atoms with van der Waals surface area (Å²) in [5, 5.41) is 15.7. The second-order valence-corrected chi connectivity index (χ2v) is 6.75. The van der Waals surface area contributed by atoms with E-state index in [1.807, 2.05) is 12.3 Å². The van der Waals surface area contributed by atoms with E-state index in [0.29, 0.717) is 12.3 Å². The van der Waals surface area contributed by atoms with Crippen LogP contribution in [0.5, 0.6) is 0 Å². The van der Waals surface area contributed by atoms with Crippen LogP contribution in [0.4, 0.5) is 0 Å². The van der Waals surface area contributed by atoms with Crippen molar-refractivity contribution in [3.63, 3.8) is 0 Å². The first-order valence-corrected chi connectivity index (χ1v) is 8.09. The molecule has 1 saturated carbocycles. The van der Waals surface area contributed by atoms with Gasteiger partial charge >= 0.3 is 0 Å². The van der Waals surface area contributed by atoms with E-state index in [-0.39, 0.29) is 5.91 Å². The molecule has 4 nitrogen and oxygen atoms in total. The van der Waals surface area contributed by atoms with Gasteiger partial charge in [-0.3, -0.25) is 4.79 Å². The number of aryl methyl sites for hydroxylation is 1.